The zero-order chi connectivity index (χ0) is 13.7. The second-order valence-corrected chi connectivity index (χ2v) is 3.90. The molecule has 0 radical (unpaired) electrons. The van der Waals surface area contributed by atoms with E-state index in [0.717, 1.165) is 5.56 Å². The maximum absolute atomic E-state index is 11.7. The molecule has 5 heteroatoms. The van der Waals surface area contributed by atoms with Gasteiger partial charge in [-0.15, -0.1) is 0 Å². The van der Waals surface area contributed by atoms with E-state index in [4.69, 9.17) is 9.47 Å². The van der Waals surface area contributed by atoms with Crippen molar-refractivity contribution in [2.45, 2.75) is 19.9 Å². The smallest absolute Gasteiger partial charge is 0.333 e. The third-order valence-corrected chi connectivity index (χ3v) is 2.48. The number of nitrogens with one attached hydrogen (secondary N) is 1. The zero-order valence-electron chi connectivity index (χ0n) is 10.9. The van der Waals surface area contributed by atoms with E-state index in [-0.39, 0.29) is 5.91 Å². The first-order valence-corrected chi connectivity index (χ1v) is 5.49. The Hall–Kier alpha value is -2.04. The molecule has 1 unspecified atom stereocenters. The lowest BCUT2D eigenvalue weighted by Crippen LogP contribution is -2.33. The maximum Gasteiger partial charge on any atom is 0.333 e. The molecule has 1 atom stereocenters. The normalized spacial score (nSPS) is 11.6. The summed E-state index contributed by atoms with van der Waals surface area (Å²) < 4.78 is 9.90. The SMILES string of the molecule is COC(=O)C(NC(C)=O)c1cc(C)ccc1OC. The van der Waals surface area contributed by atoms with E-state index in [9.17, 15) is 9.59 Å². The molecule has 98 valence electrons. The molecule has 0 aliphatic carbocycles. The van der Waals surface area contributed by atoms with Gasteiger partial charge in [0.1, 0.15) is 5.75 Å². The van der Waals surface area contributed by atoms with Gasteiger partial charge in [0.15, 0.2) is 6.04 Å². The zero-order valence-corrected chi connectivity index (χ0v) is 10.9. The minimum atomic E-state index is -0.859. The van der Waals surface area contributed by atoms with Gasteiger partial charge in [0.05, 0.1) is 14.2 Å². The van der Waals surface area contributed by atoms with Gasteiger partial charge in [0, 0.05) is 12.5 Å². The predicted octanol–water partition coefficient (Wildman–Crippen LogP) is 1.35. The molecule has 1 aromatic rings. The highest BCUT2D eigenvalue weighted by Gasteiger charge is 2.25. The Kier molecular flexibility index (Phi) is 4.71. The first-order chi connectivity index (χ1) is 8.49. The molecule has 5 nitrogen and oxygen atoms in total. The molecule has 0 aliphatic rings. The van der Waals surface area contributed by atoms with E-state index in [1.165, 1.54) is 21.1 Å². The highest BCUT2D eigenvalue weighted by atomic mass is 16.5. The van der Waals surface area contributed by atoms with Gasteiger partial charge in [0.25, 0.3) is 0 Å². The molecular weight excluding hydrogens is 234 g/mol. The minimum absolute atomic E-state index is 0.311. The molecule has 1 aromatic carbocycles. The summed E-state index contributed by atoms with van der Waals surface area (Å²) >= 11 is 0. The van der Waals surface area contributed by atoms with Crippen molar-refractivity contribution in [2.24, 2.45) is 0 Å². The standard InChI is InChI=1S/C13H17NO4/c1-8-5-6-11(17-3)10(7-8)12(13(16)18-4)14-9(2)15/h5-7,12H,1-4H3,(H,14,15). The summed E-state index contributed by atoms with van der Waals surface area (Å²) in [5.74, 6) is -0.312. The fourth-order valence-corrected chi connectivity index (χ4v) is 1.66. The maximum atomic E-state index is 11.7. The third-order valence-electron chi connectivity index (χ3n) is 2.48. The Balaban J connectivity index is 3.22. The number of carbonyl (C=O) groups is 2. The van der Waals surface area contributed by atoms with E-state index in [1.54, 1.807) is 12.1 Å². The number of esters is 1. The van der Waals surface area contributed by atoms with Gasteiger partial charge in [-0.25, -0.2) is 4.79 Å². The van der Waals surface area contributed by atoms with Crippen LogP contribution in [0.5, 0.6) is 5.75 Å². The summed E-state index contributed by atoms with van der Waals surface area (Å²) in [6.07, 6.45) is 0. The molecule has 0 heterocycles. The number of rotatable bonds is 4. The van der Waals surface area contributed by atoms with E-state index in [2.05, 4.69) is 5.32 Å². The number of carbonyl (C=O) groups excluding carboxylic acids is 2. The van der Waals surface area contributed by atoms with Crippen LogP contribution in [0.25, 0.3) is 0 Å². The topological polar surface area (TPSA) is 64.6 Å². The molecule has 0 saturated carbocycles. The van der Waals surface area contributed by atoms with Gasteiger partial charge in [0.2, 0.25) is 5.91 Å². The highest BCUT2D eigenvalue weighted by Crippen LogP contribution is 2.27. The molecule has 0 saturated heterocycles. The number of aryl methyl sites for hydroxylation is 1. The van der Waals surface area contributed by atoms with Crippen LogP contribution < -0.4 is 10.1 Å². The van der Waals surface area contributed by atoms with Gasteiger partial charge in [-0.1, -0.05) is 11.6 Å². The second-order valence-electron chi connectivity index (χ2n) is 3.90. The fourth-order valence-electron chi connectivity index (χ4n) is 1.66. The van der Waals surface area contributed by atoms with Gasteiger partial charge in [-0.05, 0) is 19.1 Å². The van der Waals surface area contributed by atoms with Crippen molar-refractivity contribution in [3.8, 4) is 5.75 Å². The molecule has 18 heavy (non-hydrogen) atoms. The Labute approximate surface area is 106 Å². The van der Waals surface area contributed by atoms with Gasteiger partial charge in [-0.2, -0.15) is 0 Å². The van der Waals surface area contributed by atoms with E-state index in [1.807, 2.05) is 13.0 Å². The number of amides is 1. The first kappa shape index (κ1) is 14.0. The molecule has 0 bridgehead atoms. The van der Waals surface area contributed by atoms with Crippen molar-refractivity contribution in [1.82, 2.24) is 5.32 Å². The Bertz CT molecular complexity index is 456. The average Bonchev–Trinajstić information content (AvgIpc) is 2.34. The highest BCUT2D eigenvalue weighted by molar-refractivity contribution is 5.85. The number of methoxy groups -OCH3 is 2. The molecular formula is C13H17NO4. The number of hydrogen-bond acceptors (Lipinski definition) is 4. The van der Waals surface area contributed by atoms with Crippen LogP contribution in [0, 0.1) is 6.92 Å². The van der Waals surface area contributed by atoms with Crippen LogP contribution in [0.1, 0.15) is 24.1 Å². The fraction of sp³-hybridized carbons (Fsp3) is 0.385. The predicted molar refractivity (Wildman–Crippen MR) is 66.3 cm³/mol. The van der Waals surface area contributed by atoms with Crippen molar-refractivity contribution >= 4 is 11.9 Å². The third kappa shape index (κ3) is 3.23. The molecule has 0 fully saturated rings. The molecule has 0 spiro atoms. The lowest BCUT2D eigenvalue weighted by Gasteiger charge is -2.19. The monoisotopic (exact) mass is 251 g/mol. The molecule has 1 rings (SSSR count). The van der Waals surface area contributed by atoms with E-state index >= 15 is 0 Å². The Morgan fingerprint density at radius 2 is 1.94 bits per heavy atom. The van der Waals surface area contributed by atoms with Crippen LogP contribution in [0.3, 0.4) is 0 Å². The largest absolute Gasteiger partial charge is 0.496 e. The van der Waals surface area contributed by atoms with Gasteiger partial charge >= 0.3 is 5.97 Å². The number of benzene rings is 1. The van der Waals surface area contributed by atoms with Crippen LogP contribution in [0.15, 0.2) is 18.2 Å². The van der Waals surface area contributed by atoms with Gasteiger partial charge < -0.3 is 14.8 Å². The van der Waals surface area contributed by atoms with E-state index < -0.39 is 12.0 Å². The molecule has 1 amide bonds. The summed E-state index contributed by atoms with van der Waals surface area (Å²) in [7, 11) is 2.79. The second kappa shape index (κ2) is 6.05. The van der Waals surface area contributed by atoms with Gasteiger partial charge in [-0.3, -0.25) is 4.79 Å². The van der Waals surface area contributed by atoms with Crippen LogP contribution in [0.4, 0.5) is 0 Å². The van der Waals surface area contributed by atoms with Crippen molar-refractivity contribution < 1.29 is 19.1 Å². The van der Waals surface area contributed by atoms with Crippen molar-refractivity contribution in [2.75, 3.05) is 14.2 Å². The quantitative estimate of drug-likeness (QED) is 0.820. The van der Waals surface area contributed by atoms with Crippen molar-refractivity contribution in [3.05, 3.63) is 29.3 Å². The van der Waals surface area contributed by atoms with Crippen LogP contribution >= 0.6 is 0 Å². The molecule has 0 aliphatic heterocycles. The van der Waals surface area contributed by atoms with Crippen LogP contribution in [0.2, 0.25) is 0 Å². The average molecular weight is 251 g/mol. The van der Waals surface area contributed by atoms with Crippen molar-refractivity contribution in [1.29, 1.82) is 0 Å². The first-order valence-electron chi connectivity index (χ1n) is 5.49. The Morgan fingerprint density at radius 1 is 1.28 bits per heavy atom. The lowest BCUT2D eigenvalue weighted by atomic mass is 10.0. The summed E-state index contributed by atoms with van der Waals surface area (Å²) in [5.41, 5.74) is 1.55. The summed E-state index contributed by atoms with van der Waals surface area (Å²) in [6.45, 7) is 3.24. The minimum Gasteiger partial charge on any atom is -0.496 e. The number of hydrogen-bond donors (Lipinski definition) is 1. The summed E-state index contributed by atoms with van der Waals surface area (Å²) in [5, 5.41) is 2.56. The molecule has 0 aromatic heterocycles. The summed E-state index contributed by atoms with van der Waals surface area (Å²) in [4.78, 5) is 22.9. The van der Waals surface area contributed by atoms with Crippen LogP contribution in [-0.2, 0) is 14.3 Å². The Morgan fingerprint density at radius 3 is 2.44 bits per heavy atom. The summed E-state index contributed by atoms with van der Waals surface area (Å²) in [6, 6.07) is 4.55. The van der Waals surface area contributed by atoms with Crippen molar-refractivity contribution in [3.63, 3.8) is 0 Å². The van der Waals surface area contributed by atoms with Crippen LogP contribution in [-0.4, -0.2) is 26.1 Å². The van der Waals surface area contributed by atoms with E-state index in [0.29, 0.717) is 11.3 Å². The lowest BCUT2D eigenvalue weighted by molar-refractivity contribution is -0.145. The molecule has 1 N–H and O–H groups in total. The number of ether oxygens (including phenoxy) is 2.